The fourth-order valence-corrected chi connectivity index (χ4v) is 2.67. The van der Waals surface area contributed by atoms with Gasteiger partial charge in [0.2, 0.25) is 0 Å². The van der Waals surface area contributed by atoms with Crippen LogP contribution in [0.1, 0.15) is 43.6 Å². The van der Waals surface area contributed by atoms with Crippen molar-refractivity contribution in [3.8, 4) is 11.5 Å². The molecule has 2 aromatic rings. The lowest BCUT2D eigenvalue weighted by atomic mass is 9.84. The molecule has 1 aliphatic carbocycles. The van der Waals surface area contributed by atoms with E-state index in [1.165, 1.54) is 32.1 Å². The average molecular weight is 270 g/mol. The number of aromatic hydroxyl groups is 2. The lowest BCUT2D eigenvalue weighted by Crippen LogP contribution is -2.04. The average Bonchev–Trinajstić information content (AvgIpc) is 2.50. The molecule has 0 unspecified atom stereocenters. The summed E-state index contributed by atoms with van der Waals surface area (Å²) in [6, 6.07) is 16.5. The predicted octanol–water partition coefficient (Wildman–Crippen LogP) is 4.83. The highest BCUT2D eigenvalue weighted by Crippen LogP contribution is 2.36. The molecule has 0 aromatic heterocycles. The molecule has 2 aromatic carbocycles. The normalized spacial score (nSPS) is 15.2. The minimum Gasteiger partial charge on any atom is -0.508 e. The lowest BCUT2D eigenvalue weighted by Gasteiger charge is -2.22. The molecule has 20 heavy (non-hydrogen) atoms. The molecule has 0 amide bonds. The maximum atomic E-state index is 9.66. The van der Waals surface area contributed by atoms with Gasteiger partial charge in [0.25, 0.3) is 0 Å². The Kier molecular flexibility index (Phi) is 5.48. The summed E-state index contributed by atoms with van der Waals surface area (Å²) in [7, 11) is 0. The summed E-state index contributed by atoms with van der Waals surface area (Å²) in [5.41, 5.74) is 1.15. The van der Waals surface area contributed by atoms with Crippen LogP contribution in [-0.4, -0.2) is 10.2 Å². The molecule has 0 aliphatic heterocycles. The number of hydrogen-bond donors (Lipinski definition) is 2. The molecule has 0 heterocycles. The molecule has 1 fully saturated rings. The van der Waals surface area contributed by atoms with E-state index in [2.05, 4.69) is 6.07 Å². The molecular weight excluding hydrogens is 248 g/mol. The van der Waals surface area contributed by atoms with Gasteiger partial charge in [0.1, 0.15) is 11.5 Å². The zero-order chi connectivity index (χ0) is 14.2. The molecule has 2 nitrogen and oxygen atoms in total. The van der Waals surface area contributed by atoms with Crippen LogP contribution in [0, 0.1) is 0 Å². The minimum atomic E-state index is 0.322. The Hall–Kier alpha value is -1.96. The number of rotatable bonds is 1. The molecule has 1 saturated carbocycles. The van der Waals surface area contributed by atoms with Crippen molar-refractivity contribution in [2.45, 2.75) is 38.0 Å². The Morgan fingerprint density at radius 3 is 1.85 bits per heavy atom. The highest BCUT2D eigenvalue weighted by molar-refractivity contribution is 5.34. The van der Waals surface area contributed by atoms with Crippen LogP contribution in [0.2, 0.25) is 0 Å². The fourth-order valence-electron chi connectivity index (χ4n) is 2.67. The van der Waals surface area contributed by atoms with E-state index < -0.39 is 0 Å². The summed E-state index contributed by atoms with van der Waals surface area (Å²) in [6.07, 6.45) is 6.50. The molecule has 0 bridgehead atoms. The summed E-state index contributed by atoms with van der Waals surface area (Å²) in [6.45, 7) is 0. The standard InChI is InChI=1S/C12H16O.C6H6O/c13-12-9-5-4-8-11(12)10-6-2-1-3-7-10;7-6-4-2-1-3-5-6/h4-5,8-10,13H,1-3,6-7H2;1-5,7H. The van der Waals surface area contributed by atoms with Gasteiger partial charge < -0.3 is 10.2 Å². The number of phenols is 2. The first kappa shape index (κ1) is 14.4. The highest BCUT2D eigenvalue weighted by atomic mass is 16.3. The van der Waals surface area contributed by atoms with Crippen molar-refractivity contribution in [2.24, 2.45) is 0 Å². The van der Waals surface area contributed by atoms with Crippen molar-refractivity contribution in [2.75, 3.05) is 0 Å². The first-order chi connectivity index (χ1) is 9.77. The second-order valence-electron chi connectivity index (χ2n) is 5.23. The van der Waals surface area contributed by atoms with Crippen molar-refractivity contribution < 1.29 is 10.2 Å². The third-order valence-electron chi connectivity index (χ3n) is 3.74. The molecule has 0 spiro atoms. The second-order valence-corrected chi connectivity index (χ2v) is 5.23. The van der Waals surface area contributed by atoms with Gasteiger partial charge in [0.05, 0.1) is 0 Å². The van der Waals surface area contributed by atoms with Gasteiger partial charge in [-0.05, 0) is 42.5 Å². The largest absolute Gasteiger partial charge is 0.508 e. The van der Waals surface area contributed by atoms with Crippen molar-refractivity contribution in [1.82, 2.24) is 0 Å². The van der Waals surface area contributed by atoms with Crippen LogP contribution < -0.4 is 0 Å². The molecule has 2 N–H and O–H groups in total. The Balaban J connectivity index is 0.000000178. The topological polar surface area (TPSA) is 40.5 Å². The first-order valence-electron chi connectivity index (χ1n) is 7.29. The van der Waals surface area contributed by atoms with Gasteiger partial charge in [-0.1, -0.05) is 55.7 Å². The third-order valence-corrected chi connectivity index (χ3v) is 3.74. The van der Waals surface area contributed by atoms with E-state index in [0.29, 0.717) is 17.4 Å². The van der Waals surface area contributed by atoms with Crippen LogP contribution in [0.3, 0.4) is 0 Å². The minimum absolute atomic E-state index is 0.322. The first-order valence-corrected chi connectivity index (χ1v) is 7.29. The maximum absolute atomic E-state index is 9.66. The van der Waals surface area contributed by atoms with E-state index in [1.54, 1.807) is 30.3 Å². The van der Waals surface area contributed by atoms with E-state index in [0.717, 1.165) is 5.56 Å². The van der Waals surface area contributed by atoms with Crippen LogP contribution in [0.4, 0.5) is 0 Å². The summed E-state index contributed by atoms with van der Waals surface area (Å²) >= 11 is 0. The molecule has 1 aliphatic rings. The van der Waals surface area contributed by atoms with Crippen molar-refractivity contribution >= 4 is 0 Å². The monoisotopic (exact) mass is 270 g/mol. The molecular formula is C18H22O2. The molecule has 0 saturated heterocycles. The van der Waals surface area contributed by atoms with E-state index >= 15 is 0 Å². The quantitative estimate of drug-likeness (QED) is 0.779. The highest BCUT2D eigenvalue weighted by Gasteiger charge is 2.17. The van der Waals surface area contributed by atoms with Gasteiger partial charge in [-0.2, -0.15) is 0 Å². The summed E-state index contributed by atoms with van der Waals surface area (Å²) in [4.78, 5) is 0. The van der Waals surface area contributed by atoms with Crippen molar-refractivity contribution in [3.63, 3.8) is 0 Å². The van der Waals surface area contributed by atoms with E-state index in [9.17, 15) is 5.11 Å². The number of para-hydroxylation sites is 2. The summed E-state index contributed by atoms with van der Waals surface area (Å²) in [5, 5.41) is 18.3. The van der Waals surface area contributed by atoms with Crippen molar-refractivity contribution in [1.29, 1.82) is 0 Å². The van der Waals surface area contributed by atoms with Gasteiger partial charge >= 0.3 is 0 Å². The van der Waals surface area contributed by atoms with Crippen LogP contribution in [0.25, 0.3) is 0 Å². The summed E-state index contributed by atoms with van der Waals surface area (Å²) in [5.74, 6) is 1.41. The predicted molar refractivity (Wildman–Crippen MR) is 82.0 cm³/mol. The Morgan fingerprint density at radius 2 is 1.30 bits per heavy atom. The maximum Gasteiger partial charge on any atom is 0.119 e. The van der Waals surface area contributed by atoms with Crippen LogP contribution in [0.15, 0.2) is 54.6 Å². The van der Waals surface area contributed by atoms with E-state index in [4.69, 9.17) is 5.11 Å². The van der Waals surface area contributed by atoms with Gasteiger partial charge in [-0.15, -0.1) is 0 Å². The smallest absolute Gasteiger partial charge is 0.119 e. The Bertz CT molecular complexity index is 502. The molecule has 0 radical (unpaired) electrons. The number of hydrogen-bond acceptors (Lipinski definition) is 2. The molecule has 106 valence electrons. The zero-order valence-electron chi connectivity index (χ0n) is 11.7. The van der Waals surface area contributed by atoms with Gasteiger partial charge in [0, 0.05) is 0 Å². The summed E-state index contributed by atoms with van der Waals surface area (Å²) < 4.78 is 0. The third kappa shape index (κ3) is 4.30. The van der Waals surface area contributed by atoms with Crippen LogP contribution in [0.5, 0.6) is 11.5 Å². The van der Waals surface area contributed by atoms with Gasteiger partial charge in [0.15, 0.2) is 0 Å². The second kappa shape index (κ2) is 7.59. The van der Waals surface area contributed by atoms with Gasteiger partial charge in [-0.25, -0.2) is 0 Å². The molecule has 0 atom stereocenters. The van der Waals surface area contributed by atoms with Crippen molar-refractivity contribution in [3.05, 3.63) is 60.2 Å². The Morgan fingerprint density at radius 1 is 0.700 bits per heavy atom. The fraction of sp³-hybridized carbons (Fsp3) is 0.333. The SMILES string of the molecule is Oc1ccccc1.Oc1ccccc1C1CCCCC1. The van der Waals surface area contributed by atoms with Gasteiger partial charge in [-0.3, -0.25) is 0 Å². The Labute approximate surface area is 120 Å². The van der Waals surface area contributed by atoms with Crippen LogP contribution in [-0.2, 0) is 0 Å². The number of phenolic OH excluding ortho intramolecular Hbond substituents is 2. The lowest BCUT2D eigenvalue weighted by molar-refractivity contribution is 0.414. The van der Waals surface area contributed by atoms with Crippen LogP contribution >= 0.6 is 0 Å². The molecule has 3 rings (SSSR count). The van der Waals surface area contributed by atoms with E-state index in [-0.39, 0.29) is 0 Å². The number of benzene rings is 2. The van der Waals surface area contributed by atoms with E-state index in [1.807, 2.05) is 18.2 Å². The zero-order valence-corrected chi connectivity index (χ0v) is 11.7. The molecule has 2 heteroatoms.